The summed E-state index contributed by atoms with van der Waals surface area (Å²) in [5.74, 6) is -0.00322. The zero-order valence-corrected chi connectivity index (χ0v) is 16.6. The predicted octanol–water partition coefficient (Wildman–Crippen LogP) is -0.400. The van der Waals surface area contributed by atoms with E-state index in [2.05, 4.69) is 13.0 Å². The van der Waals surface area contributed by atoms with Crippen LogP contribution >= 0.6 is 0 Å². The Hall–Kier alpha value is -0.580. The number of rotatable bonds is 4. The fourth-order valence-electron chi connectivity index (χ4n) is 5.42. The van der Waals surface area contributed by atoms with Gasteiger partial charge in [0, 0.05) is 5.92 Å². The molecule has 0 radical (unpaired) electrons. The van der Waals surface area contributed by atoms with Crippen LogP contribution in [-0.2, 0) is 14.2 Å². The minimum atomic E-state index is -1.46. The molecule has 0 aromatic carbocycles. The highest BCUT2D eigenvalue weighted by Gasteiger charge is 2.66. The van der Waals surface area contributed by atoms with E-state index in [4.69, 9.17) is 14.2 Å². The first kappa shape index (κ1) is 20.7. The van der Waals surface area contributed by atoms with Crippen molar-refractivity contribution in [2.45, 2.75) is 100 Å². The van der Waals surface area contributed by atoms with Crippen molar-refractivity contribution in [1.29, 1.82) is 0 Å². The maximum atomic E-state index is 10.5. The topological polar surface area (TPSA) is 129 Å². The lowest BCUT2D eigenvalue weighted by Gasteiger charge is -2.65. The summed E-state index contributed by atoms with van der Waals surface area (Å²) < 4.78 is 17.7. The molecular weight excluding hydrogens is 368 g/mol. The molecule has 0 aromatic rings. The highest BCUT2D eigenvalue weighted by Crippen LogP contribution is 2.61. The van der Waals surface area contributed by atoms with Crippen LogP contribution in [0.4, 0.5) is 0 Å². The molecular formula is C20H32O8. The van der Waals surface area contributed by atoms with Crippen LogP contribution < -0.4 is 0 Å². The van der Waals surface area contributed by atoms with Crippen molar-refractivity contribution in [2.75, 3.05) is 6.61 Å². The lowest BCUT2D eigenvalue weighted by atomic mass is 9.57. The molecule has 2 aliphatic carbocycles. The third-order valence-corrected chi connectivity index (χ3v) is 7.22. The summed E-state index contributed by atoms with van der Waals surface area (Å²) in [6.45, 7) is 5.34. The maximum Gasteiger partial charge on any atom is 0.187 e. The summed E-state index contributed by atoms with van der Waals surface area (Å²) in [6, 6.07) is 0. The number of aliphatic hydroxyl groups excluding tert-OH is 5. The average molecular weight is 400 g/mol. The van der Waals surface area contributed by atoms with E-state index in [1.165, 1.54) is 0 Å². The van der Waals surface area contributed by atoms with Crippen LogP contribution in [0.1, 0.15) is 46.5 Å². The molecule has 2 saturated heterocycles. The second kappa shape index (κ2) is 6.72. The summed E-state index contributed by atoms with van der Waals surface area (Å²) >= 11 is 0. The zero-order valence-electron chi connectivity index (χ0n) is 16.6. The molecule has 0 aromatic heterocycles. The van der Waals surface area contributed by atoms with Gasteiger partial charge in [0.15, 0.2) is 6.29 Å². The molecule has 2 aliphatic heterocycles. The second-order valence-electron chi connectivity index (χ2n) is 9.42. The minimum Gasteiger partial charge on any atom is -0.394 e. The van der Waals surface area contributed by atoms with Crippen LogP contribution in [-0.4, -0.2) is 85.8 Å². The fraction of sp³-hybridized carbons (Fsp3) is 0.900. The summed E-state index contributed by atoms with van der Waals surface area (Å²) in [6.07, 6.45) is -1.87. The summed E-state index contributed by atoms with van der Waals surface area (Å²) in [4.78, 5) is 0. The molecule has 0 spiro atoms. The first-order valence-electron chi connectivity index (χ1n) is 10.1. The van der Waals surface area contributed by atoms with E-state index >= 15 is 0 Å². The van der Waals surface area contributed by atoms with Gasteiger partial charge in [-0.05, 0) is 52.0 Å². The maximum absolute atomic E-state index is 10.5. The number of hydrogen-bond donors (Lipinski definition) is 5. The van der Waals surface area contributed by atoms with E-state index < -0.39 is 54.6 Å². The average Bonchev–Trinajstić information content (AvgIpc) is 2.64. The van der Waals surface area contributed by atoms with Gasteiger partial charge in [0.25, 0.3) is 0 Å². The molecule has 0 amide bonds. The second-order valence-corrected chi connectivity index (χ2v) is 9.42. The Balaban J connectivity index is 1.52. The molecule has 1 saturated carbocycles. The largest absolute Gasteiger partial charge is 0.394 e. The quantitative estimate of drug-likeness (QED) is 0.403. The van der Waals surface area contributed by atoms with Gasteiger partial charge in [-0.2, -0.15) is 0 Å². The lowest BCUT2D eigenvalue weighted by Crippen LogP contribution is -2.71. The van der Waals surface area contributed by atoms with Gasteiger partial charge in [0.1, 0.15) is 30.0 Å². The van der Waals surface area contributed by atoms with Crippen LogP contribution in [0.3, 0.4) is 0 Å². The smallest absolute Gasteiger partial charge is 0.187 e. The molecule has 28 heavy (non-hydrogen) atoms. The number of ether oxygens (including phenoxy) is 3. The monoisotopic (exact) mass is 400 g/mol. The van der Waals surface area contributed by atoms with Crippen molar-refractivity contribution in [3.8, 4) is 0 Å². The van der Waals surface area contributed by atoms with Crippen molar-refractivity contribution in [2.24, 2.45) is 5.92 Å². The lowest BCUT2D eigenvalue weighted by molar-refractivity contribution is -0.329. The number of aliphatic hydroxyl groups is 5. The van der Waals surface area contributed by atoms with E-state index in [0.717, 1.165) is 24.8 Å². The van der Waals surface area contributed by atoms with Crippen molar-refractivity contribution < 1.29 is 39.7 Å². The SMILES string of the molecule is CC(C)(O[C@@H]1O[C@H](CO)[C@@H](O)[C@H](O)[C@H]1O)[C@H]1C=C2[C@@]3(C)CC[C@H](O)[C@]2(CC1)O3. The first-order chi connectivity index (χ1) is 13.0. The Morgan fingerprint density at radius 1 is 1.11 bits per heavy atom. The van der Waals surface area contributed by atoms with Crippen molar-refractivity contribution in [3.05, 3.63) is 11.6 Å². The Labute approximate surface area is 164 Å². The predicted molar refractivity (Wildman–Crippen MR) is 97.2 cm³/mol. The molecule has 8 nitrogen and oxygen atoms in total. The van der Waals surface area contributed by atoms with E-state index in [1.54, 1.807) is 0 Å². The summed E-state index contributed by atoms with van der Waals surface area (Å²) in [7, 11) is 0. The van der Waals surface area contributed by atoms with Gasteiger partial charge in [0.05, 0.1) is 23.9 Å². The van der Waals surface area contributed by atoms with Crippen LogP contribution in [0.25, 0.3) is 0 Å². The molecule has 4 rings (SSSR count). The molecule has 4 aliphatic rings. The Bertz CT molecular complexity index is 648. The Morgan fingerprint density at radius 2 is 1.82 bits per heavy atom. The van der Waals surface area contributed by atoms with Gasteiger partial charge < -0.3 is 39.7 Å². The number of hydrogen-bond acceptors (Lipinski definition) is 8. The van der Waals surface area contributed by atoms with Crippen LogP contribution in [0.2, 0.25) is 0 Å². The Kier molecular flexibility index (Phi) is 4.96. The molecule has 2 heterocycles. The first-order valence-corrected chi connectivity index (χ1v) is 10.1. The Morgan fingerprint density at radius 3 is 2.50 bits per heavy atom. The highest BCUT2D eigenvalue weighted by molar-refractivity contribution is 5.42. The van der Waals surface area contributed by atoms with Gasteiger partial charge in [-0.15, -0.1) is 0 Å². The van der Waals surface area contributed by atoms with E-state index in [-0.39, 0.29) is 11.5 Å². The molecule has 3 fully saturated rings. The molecule has 0 unspecified atom stereocenters. The normalized spacial score (nSPS) is 51.1. The third kappa shape index (κ3) is 2.89. The highest BCUT2D eigenvalue weighted by atomic mass is 16.7. The molecule has 9 atom stereocenters. The van der Waals surface area contributed by atoms with E-state index in [1.807, 2.05) is 13.8 Å². The van der Waals surface area contributed by atoms with Gasteiger partial charge in [-0.25, -0.2) is 0 Å². The molecule has 160 valence electrons. The third-order valence-electron chi connectivity index (χ3n) is 7.22. The fourth-order valence-corrected chi connectivity index (χ4v) is 5.42. The molecule has 8 heteroatoms. The van der Waals surface area contributed by atoms with Crippen molar-refractivity contribution in [1.82, 2.24) is 0 Å². The van der Waals surface area contributed by atoms with E-state index in [9.17, 15) is 25.5 Å². The molecule has 5 N–H and O–H groups in total. The molecule has 2 bridgehead atoms. The van der Waals surface area contributed by atoms with Gasteiger partial charge in [-0.3, -0.25) is 0 Å². The van der Waals surface area contributed by atoms with Crippen molar-refractivity contribution in [3.63, 3.8) is 0 Å². The van der Waals surface area contributed by atoms with Gasteiger partial charge in [-0.1, -0.05) is 6.08 Å². The van der Waals surface area contributed by atoms with Crippen molar-refractivity contribution >= 4 is 0 Å². The summed E-state index contributed by atoms with van der Waals surface area (Å²) in [5.41, 5.74) is -0.520. The van der Waals surface area contributed by atoms with Gasteiger partial charge in [0.2, 0.25) is 0 Å². The van der Waals surface area contributed by atoms with Crippen LogP contribution in [0.15, 0.2) is 11.6 Å². The van der Waals surface area contributed by atoms with Crippen LogP contribution in [0, 0.1) is 5.92 Å². The minimum absolute atomic E-state index is 0.00322. The summed E-state index contributed by atoms with van der Waals surface area (Å²) in [5, 5.41) is 50.1. The standard InChI is InChI=1S/C20H32O8/c1-18(2,27-17-16(25)15(24)14(23)11(9-21)26-17)10-4-7-20-12(8-10)19(3,28-20)6-5-13(20)22/h8,10-11,13-17,21-25H,4-7,9H2,1-3H3/t10-,11-,13+,14-,15+,16-,17+,19-,20-/m1/s1. The zero-order chi connectivity index (χ0) is 20.5. The van der Waals surface area contributed by atoms with E-state index in [0.29, 0.717) is 6.42 Å². The van der Waals surface area contributed by atoms with Gasteiger partial charge >= 0.3 is 0 Å². The van der Waals surface area contributed by atoms with Crippen LogP contribution in [0.5, 0.6) is 0 Å².